The van der Waals surface area contributed by atoms with Crippen LogP contribution in [0.1, 0.15) is 32.0 Å². The molecule has 0 aliphatic carbocycles. The summed E-state index contributed by atoms with van der Waals surface area (Å²) in [4.78, 5) is 28.9. The monoisotopic (exact) mass is 433 g/mol. The molecule has 31 heavy (non-hydrogen) atoms. The molecule has 0 fully saturated rings. The van der Waals surface area contributed by atoms with Crippen LogP contribution in [0.4, 0.5) is 4.79 Å². The van der Waals surface area contributed by atoms with Gasteiger partial charge in [-0.15, -0.1) is 0 Å². The smallest absolute Gasteiger partial charge is 0.407 e. The SMILES string of the molecule is COCCNC(=O)Cc1cnc(CNC(=O)OC(C)(C)C)c2cc(OC)c(OC)cc12. The van der Waals surface area contributed by atoms with Crippen molar-refractivity contribution in [2.75, 3.05) is 34.5 Å². The fourth-order valence-electron chi connectivity index (χ4n) is 2.96. The molecule has 2 N–H and O–H groups in total. The molecule has 0 unspecified atom stereocenters. The number of carbonyl (C=O) groups excluding carboxylic acids is 2. The summed E-state index contributed by atoms with van der Waals surface area (Å²) < 4.78 is 21.1. The van der Waals surface area contributed by atoms with Crippen molar-refractivity contribution >= 4 is 22.8 Å². The molecular weight excluding hydrogens is 402 g/mol. The Hall–Kier alpha value is -3.07. The van der Waals surface area contributed by atoms with Crippen LogP contribution >= 0.6 is 0 Å². The number of nitrogens with one attached hydrogen (secondary N) is 2. The van der Waals surface area contributed by atoms with Gasteiger partial charge in [-0.2, -0.15) is 0 Å². The Labute approximate surface area is 182 Å². The second kappa shape index (κ2) is 10.8. The van der Waals surface area contributed by atoms with E-state index < -0.39 is 11.7 Å². The summed E-state index contributed by atoms with van der Waals surface area (Å²) in [7, 11) is 4.67. The van der Waals surface area contributed by atoms with Gasteiger partial charge in [0.1, 0.15) is 5.60 Å². The maximum absolute atomic E-state index is 12.3. The molecule has 0 aliphatic rings. The van der Waals surface area contributed by atoms with E-state index in [1.54, 1.807) is 54.4 Å². The number of pyridine rings is 1. The molecule has 170 valence electrons. The minimum atomic E-state index is -0.601. The van der Waals surface area contributed by atoms with Crippen LogP contribution in [0.25, 0.3) is 10.8 Å². The van der Waals surface area contributed by atoms with Crippen molar-refractivity contribution in [3.05, 3.63) is 29.6 Å². The zero-order valence-corrected chi connectivity index (χ0v) is 19.0. The zero-order chi connectivity index (χ0) is 23.0. The second-order valence-electron chi connectivity index (χ2n) is 7.86. The summed E-state index contributed by atoms with van der Waals surface area (Å²) in [5.74, 6) is 0.917. The molecular formula is C22H31N3O6. The average Bonchev–Trinajstić information content (AvgIpc) is 2.71. The highest BCUT2D eigenvalue weighted by molar-refractivity contribution is 5.93. The van der Waals surface area contributed by atoms with Crippen molar-refractivity contribution in [2.24, 2.45) is 0 Å². The molecule has 0 radical (unpaired) electrons. The van der Waals surface area contributed by atoms with Crippen molar-refractivity contribution in [3.8, 4) is 11.5 Å². The van der Waals surface area contributed by atoms with Gasteiger partial charge in [-0.3, -0.25) is 9.78 Å². The number of methoxy groups -OCH3 is 3. The topological polar surface area (TPSA) is 108 Å². The van der Waals surface area contributed by atoms with E-state index in [0.717, 1.165) is 16.3 Å². The number of benzene rings is 1. The van der Waals surface area contributed by atoms with Crippen LogP contribution in [-0.2, 0) is 27.2 Å². The van der Waals surface area contributed by atoms with Crippen molar-refractivity contribution < 1.29 is 28.5 Å². The Morgan fingerprint density at radius 1 is 1.00 bits per heavy atom. The molecule has 9 nitrogen and oxygen atoms in total. The molecule has 0 saturated heterocycles. The quantitative estimate of drug-likeness (QED) is 0.585. The highest BCUT2D eigenvalue weighted by Gasteiger charge is 2.18. The van der Waals surface area contributed by atoms with Gasteiger partial charge in [-0.1, -0.05) is 0 Å². The fourth-order valence-corrected chi connectivity index (χ4v) is 2.96. The highest BCUT2D eigenvalue weighted by atomic mass is 16.6. The summed E-state index contributed by atoms with van der Waals surface area (Å²) in [6.07, 6.45) is 1.24. The Morgan fingerprint density at radius 3 is 2.23 bits per heavy atom. The molecule has 2 amide bonds. The summed E-state index contributed by atoms with van der Waals surface area (Å²) in [6.45, 7) is 6.40. The first-order valence-electron chi connectivity index (χ1n) is 9.93. The van der Waals surface area contributed by atoms with Crippen molar-refractivity contribution in [1.29, 1.82) is 0 Å². The van der Waals surface area contributed by atoms with E-state index in [1.807, 2.05) is 6.07 Å². The first-order valence-corrected chi connectivity index (χ1v) is 9.93. The number of hydrogen-bond donors (Lipinski definition) is 2. The van der Waals surface area contributed by atoms with Crippen molar-refractivity contribution in [2.45, 2.75) is 39.3 Å². The minimum Gasteiger partial charge on any atom is -0.493 e. The van der Waals surface area contributed by atoms with Gasteiger partial charge in [0.05, 0.1) is 39.5 Å². The average molecular weight is 434 g/mol. The minimum absolute atomic E-state index is 0.141. The highest BCUT2D eigenvalue weighted by Crippen LogP contribution is 2.35. The van der Waals surface area contributed by atoms with E-state index >= 15 is 0 Å². The van der Waals surface area contributed by atoms with Gasteiger partial charge >= 0.3 is 6.09 Å². The van der Waals surface area contributed by atoms with Crippen LogP contribution in [0.2, 0.25) is 0 Å². The van der Waals surface area contributed by atoms with Crippen LogP contribution in [0.5, 0.6) is 11.5 Å². The fraction of sp³-hybridized carbons (Fsp3) is 0.500. The standard InChI is InChI=1S/C22H31N3O6/c1-22(2,3)31-21(27)25-13-17-16-11-19(30-6)18(29-5)10-15(16)14(12-24-17)9-20(26)23-7-8-28-4/h10-12H,7-9,13H2,1-6H3,(H,23,26)(H,25,27). The lowest BCUT2D eigenvalue weighted by molar-refractivity contribution is -0.120. The van der Waals surface area contributed by atoms with E-state index in [4.69, 9.17) is 18.9 Å². The molecule has 0 saturated carbocycles. The third-order valence-corrected chi connectivity index (χ3v) is 4.34. The zero-order valence-electron chi connectivity index (χ0n) is 19.0. The third-order valence-electron chi connectivity index (χ3n) is 4.34. The van der Waals surface area contributed by atoms with E-state index in [2.05, 4.69) is 15.6 Å². The lowest BCUT2D eigenvalue weighted by Crippen LogP contribution is -2.32. The lowest BCUT2D eigenvalue weighted by atomic mass is 10.0. The Kier molecular flexibility index (Phi) is 8.44. The number of hydrogen-bond acceptors (Lipinski definition) is 7. The molecule has 0 spiro atoms. The van der Waals surface area contributed by atoms with Gasteiger partial charge in [0.2, 0.25) is 5.91 Å². The van der Waals surface area contributed by atoms with Crippen molar-refractivity contribution in [3.63, 3.8) is 0 Å². The van der Waals surface area contributed by atoms with Gasteiger partial charge in [0.15, 0.2) is 11.5 Å². The number of aromatic nitrogens is 1. The van der Waals surface area contributed by atoms with Crippen LogP contribution < -0.4 is 20.1 Å². The Balaban J connectivity index is 2.36. The van der Waals surface area contributed by atoms with Crippen LogP contribution in [0.15, 0.2) is 18.3 Å². The van der Waals surface area contributed by atoms with Gasteiger partial charge in [0, 0.05) is 25.2 Å². The third kappa shape index (κ3) is 6.99. The number of fused-ring (bicyclic) bond motifs is 1. The molecule has 0 aliphatic heterocycles. The normalized spacial score (nSPS) is 11.2. The largest absolute Gasteiger partial charge is 0.493 e. The van der Waals surface area contributed by atoms with Gasteiger partial charge in [-0.05, 0) is 43.9 Å². The van der Waals surface area contributed by atoms with E-state index in [1.165, 1.54) is 0 Å². The van der Waals surface area contributed by atoms with Gasteiger partial charge in [0.25, 0.3) is 0 Å². The predicted molar refractivity (Wildman–Crippen MR) is 117 cm³/mol. The molecule has 0 atom stereocenters. The van der Waals surface area contributed by atoms with Gasteiger partial charge in [-0.25, -0.2) is 4.79 Å². The van der Waals surface area contributed by atoms with Crippen LogP contribution in [0, 0.1) is 0 Å². The number of rotatable bonds is 9. The lowest BCUT2D eigenvalue weighted by Gasteiger charge is -2.20. The molecule has 1 aromatic heterocycles. The number of nitrogens with zero attached hydrogens (tertiary/aromatic N) is 1. The number of ether oxygens (including phenoxy) is 4. The molecule has 0 bridgehead atoms. The summed E-state index contributed by atoms with van der Waals surface area (Å²) >= 11 is 0. The number of amides is 2. The molecule has 1 heterocycles. The van der Waals surface area contributed by atoms with Crippen LogP contribution in [0.3, 0.4) is 0 Å². The summed E-state index contributed by atoms with van der Waals surface area (Å²) in [5, 5.41) is 7.06. The maximum atomic E-state index is 12.3. The Morgan fingerprint density at radius 2 is 1.65 bits per heavy atom. The van der Waals surface area contributed by atoms with E-state index in [-0.39, 0.29) is 18.9 Å². The first kappa shape index (κ1) is 24.2. The number of carbonyl (C=O) groups is 2. The number of alkyl carbamates (subject to hydrolysis) is 1. The molecule has 2 aromatic rings. The maximum Gasteiger partial charge on any atom is 0.407 e. The van der Waals surface area contributed by atoms with Gasteiger partial charge < -0.3 is 29.6 Å². The molecule has 1 aromatic carbocycles. The van der Waals surface area contributed by atoms with E-state index in [9.17, 15) is 9.59 Å². The first-order chi connectivity index (χ1) is 14.7. The summed E-state index contributed by atoms with van der Waals surface area (Å²) in [6, 6.07) is 3.60. The summed E-state index contributed by atoms with van der Waals surface area (Å²) in [5.41, 5.74) is 0.744. The second-order valence-corrected chi connectivity index (χ2v) is 7.86. The van der Waals surface area contributed by atoms with Crippen molar-refractivity contribution in [1.82, 2.24) is 15.6 Å². The molecule has 2 rings (SSSR count). The Bertz CT molecular complexity index is 924. The van der Waals surface area contributed by atoms with Crippen LogP contribution in [-0.4, -0.2) is 57.1 Å². The molecule has 9 heteroatoms. The predicted octanol–water partition coefficient (Wildman–Crippen LogP) is 2.58. The van der Waals surface area contributed by atoms with E-state index in [0.29, 0.717) is 30.3 Å².